The fourth-order valence-electron chi connectivity index (χ4n) is 1.56. The van der Waals surface area contributed by atoms with Crippen LogP contribution in [0.25, 0.3) is 0 Å². The van der Waals surface area contributed by atoms with Crippen molar-refractivity contribution in [3.05, 3.63) is 0 Å². The number of hydrogen-bond acceptors (Lipinski definition) is 2. The lowest BCUT2D eigenvalue weighted by atomic mass is 9.88. The van der Waals surface area contributed by atoms with Crippen LogP contribution in [0.3, 0.4) is 0 Å². The Morgan fingerprint density at radius 3 is 2.50 bits per heavy atom. The summed E-state index contributed by atoms with van der Waals surface area (Å²) in [6.45, 7) is 5.66. The van der Waals surface area contributed by atoms with Crippen molar-refractivity contribution < 1.29 is 0 Å². The first-order chi connectivity index (χ1) is 4.52. The minimum Gasteiger partial charge on any atom is -0.328 e. The second-order valence-corrected chi connectivity index (χ2v) is 3.99. The summed E-state index contributed by atoms with van der Waals surface area (Å²) in [7, 11) is 2.17. The summed E-state index contributed by atoms with van der Waals surface area (Å²) < 4.78 is 0. The van der Waals surface area contributed by atoms with Crippen LogP contribution in [0.2, 0.25) is 0 Å². The van der Waals surface area contributed by atoms with E-state index in [1.165, 1.54) is 0 Å². The minimum atomic E-state index is 0.317. The number of rotatable bonds is 0. The fourth-order valence-corrected chi connectivity index (χ4v) is 1.56. The van der Waals surface area contributed by atoms with Crippen molar-refractivity contribution in [2.24, 2.45) is 5.73 Å². The smallest absolute Gasteiger partial charge is 0.0164 e. The van der Waals surface area contributed by atoms with E-state index in [-0.39, 0.29) is 0 Å². The fraction of sp³-hybridized carbons (Fsp3) is 1.00. The molecule has 1 heterocycles. The Hall–Kier alpha value is -0.0800. The molecule has 2 nitrogen and oxygen atoms in total. The molecule has 0 aromatic carbocycles. The summed E-state index contributed by atoms with van der Waals surface area (Å²) in [5.74, 6) is 0. The van der Waals surface area contributed by atoms with Crippen LogP contribution in [0.4, 0.5) is 0 Å². The van der Waals surface area contributed by atoms with E-state index in [1.54, 1.807) is 0 Å². The molecule has 0 aromatic rings. The maximum atomic E-state index is 5.85. The second-order valence-electron chi connectivity index (χ2n) is 3.99. The summed E-state index contributed by atoms with van der Waals surface area (Å²) in [5.41, 5.74) is 6.16. The highest BCUT2D eigenvalue weighted by molar-refractivity contribution is 4.88. The first-order valence-corrected chi connectivity index (χ1v) is 3.99. The van der Waals surface area contributed by atoms with E-state index in [1.807, 2.05) is 0 Å². The van der Waals surface area contributed by atoms with Gasteiger partial charge in [0.1, 0.15) is 0 Å². The van der Waals surface area contributed by atoms with Gasteiger partial charge in [-0.2, -0.15) is 0 Å². The van der Waals surface area contributed by atoms with Crippen molar-refractivity contribution in [3.63, 3.8) is 0 Å². The van der Waals surface area contributed by atoms with Crippen LogP contribution in [-0.2, 0) is 0 Å². The van der Waals surface area contributed by atoms with E-state index >= 15 is 0 Å². The van der Waals surface area contributed by atoms with E-state index in [0.717, 1.165) is 19.4 Å². The van der Waals surface area contributed by atoms with Crippen molar-refractivity contribution >= 4 is 0 Å². The Balaban J connectivity index is 2.55. The number of hydrogen-bond donors (Lipinski definition) is 1. The molecular weight excluding hydrogens is 124 g/mol. The second kappa shape index (κ2) is 2.51. The van der Waals surface area contributed by atoms with Gasteiger partial charge in [0.2, 0.25) is 0 Å². The molecule has 2 N–H and O–H groups in total. The largest absolute Gasteiger partial charge is 0.328 e. The lowest BCUT2D eigenvalue weighted by molar-refractivity contribution is 0.0957. The van der Waals surface area contributed by atoms with Crippen molar-refractivity contribution in [2.45, 2.75) is 38.3 Å². The van der Waals surface area contributed by atoms with Crippen LogP contribution in [0, 0.1) is 0 Å². The maximum Gasteiger partial charge on any atom is 0.0164 e. The molecule has 0 aliphatic carbocycles. The summed E-state index contributed by atoms with van der Waals surface area (Å²) in [6, 6.07) is 0.422. The molecule has 10 heavy (non-hydrogen) atoms. The van der Waals surface area contributed by atoms with E-state index in [4.69, 9.17) is 5.73 Å². The van der Waals surface area contributed by atoms with Gasteiger partial charge in [-0.1, -0.05) is 0 Å². The summed E-state index contributed by atoms with van der Waals surface area (Å²) >= 11 is 0. The van der Waals surface area contributed by atoms with Crippen molar-refractivity contribution in [2.75, 3.05) is 13.6 Å². The highest BCUT2D eigenvalue weighted by Gasteiger charge is 2.30. The monoisotopic (exact) mass is 142 g/mol. The highest BCUT2D eigenvalue weighted by Crippen LogP contribution is 2.24. The maximum absolute atomic E-state index is 5.85. The molecule has 60 valence electrons. The zero-order chi connectivity index (χ0) is 7.78. The molecule has 1 atom stereocenters. The average molecular weight is 142 g/mol. The third kappa shape index (κ3) is 1.50. The van der Waals surface area contributed by atoms with Gasteiger partial charge in [-0.15, -0.1) is 0 Å². The molecule has 0 amide bonds. The van der Waals surface area contributed by atoms with Gasteiger partial charge in [-0.05, 0) is 40.3 Å². The minimum absolute atomic E-state index is 0.317. The Morgan fingerprint density at radius 2 is 2.10 bits per heavy atom. The lowest BCUT2D eigenvalue weighted by Crippen LogP contribution is -2.51. The number of nitrogens with zero attached hydrogens (tertiary/aromatic N) is 1. The summed E-state index contributed by atoms with van der Waals surface area (Å²) in [6.07, 6.45) is 2.28. The SMILES string of the molecule is CN1CCC(N)CC1(C)C. The van der Waals surface area contributed by atoms with E-state index in [0.29, 0.717) is 11.6 Å². The Morgan fingerprint density at radius 1 is 1.50 bits per heavy atom. The molecule has 1 aliphatic heterocycles. The van der Waals surface area contributed by atoms with Crippen molar-refractivity contribution in [3.8, 4) is 0 Å². The third-order valence-electron chi connectivity index (χ3n) is 2.63. The molecule has 0 aromatic heterocycles. The van der Waals surface area contributed by atoms with Crippen LogP contribution < -0.4 is 5.73 Å². The molecule has 0 spiro atoms. The lowest BCUT2D eigenvalue weighted by Gasteiger charge is -2.42. The molecule has 0 radical (unpaired) electrons. The molecule has 0 bridgehead atoms. The Bertz CT molecular complexity index is 120. The number of likely N-dealkylation sites (tertiary alicyclic amines) is 1. The molecule has 1 fully saturated rings. The Kier molecular flexibility index (Phi) is 2.02. The van der Waals surface area contributed by atoms with Crippen LogP contribution in [-0.4, -0.2) is 30.1 Å². The van der Waals surface area contributed by atoms with Gasteiger partial charge in [0.25, 0.3) is 0 Å². The van der Waals surface area contributed by atoms with Gasteiger partial charge in [-0.25, -0.2) is 0 Å². The van der Waals surface area contributed by atoms with Crippen LogP contribution in [0.15, 0.2) is 0 Å². The third-order valence-corrected chi connectivity index (χ3v) is 2.63. The van der Waals surface area contributed by atoms with Crippen molar-refractivity contribution in [1.82, 2.24) is 4.90 Å². The van der Waals surface area contributed by atoms with Crippen molar-refractivity contribution in [1.29, 1.82) is 0 Å². The van der Waals surface area contributed by atoms with Gasteiger partial charge in [0, 0.05) is 11.6 Å². The highest BCUT2D eigenvalue weighted by atomic mass is 15.2. The summed E-state index contributed by atoms with van der Waals surface area (Å²) in [5, 5.41) is 0. The standard InChI is InChI=1S/C8H18N2/c1-8(2)6-7(9)4-5-10(8)3/h7H,4-6,9H2,1-3H3. The first kappa shape index (κ1) is 8.02. The molecule has 1 rings (SSSR count). The van der Waals surface area contributed by atoms with Gasteiger partial charge in [0.05, 0.1) is 0 Å². The van der Waals surface area contributed by atoms with Gasteiger partial charge in [-0.3, -0.25) is 0 Å². The molecule has 1 saturated heterocycles. The molecule has 2 heteroatoms. The van der Waals surface area contributed by atoms with E-state index in [9.17, 15) is 0 Å². The van der Waals surface area contributed by atoms with E-state index in [2.05, 4.69) is 25.8 Å². The zero-order valence-electron chi connectivity index (χ0n) is 7.22. The van der Waals surface area contributed by atoms with Gasteiger partial charge in [0.15, 0.2) is 0 Å². The normalized spacial score (nSPS) is 34.2. The first-order valence-electron chi connectivity index (χ1n) is 3.99. The molecule has 1 aliphatic rings. The Labute approximate surface area is 63.4 Å². The average Bonchev–Trinajstić information content (AvgIpc) is 1.78. The van der Waals surface area contributed by atoms with Gasteiger partial charge >= 0.3 is 0 Å². The molecule has 0 saturated carbocycles. The zero-order valence-corrected chi connectivity index (χ0v) is 7.22. The van der Waals surface area contributed by atoms with Crippen LogP contribution >= 0.6 is 0 Å². The quantitative estimate of drug-likeness (QED) is 0.542. The number of nitrogens with two attached hydrogens (primary N) is 1. The topological polar surface area (TPSA) is 29.3 Å². The molecular formula is C8H18N2. The van der Waals surface area contributed by atoms with Crippen LogP contribution in [0.1, 0.15) is 26.7 Å². The van der Waals surface area contributed by atoms with Crippen LogP contribution in [0.5, 0.6) is 0 Å². The number of piperidine rings is 1. The molecule has 1 unspecified atom stereocenters. The van der Waals surface area contributed by atoms with Gasteiger partial charge < -0.3 is 10.6 Å². The van der Waals surface area contributed by atoms with E-state index < -0.39 is 0 Å². The summed E-state index contributed by atoms with van der Waals surface area (Å²) in [4.78, 5) is 2.39. The predicted molar refractivity (Wildman–Crippen MR) is 43.9 cm³/mol. The predicted octanol–water partition coefficient (Wildman–Crippen LogP) is 0.818.